The molecule has 72 valence electrons. The molecule has 0 aliphatic rings. The van der Waals surface area contributed by atoms with Gasteiger partial charge < -0.3 is 9.94 Å². The van der Waals surface area contributed by atoms with Gasteiger partial charge in [0.1, 0.15) is 5.75 Å². The molecule has 3 heteroatoms. The summed E-state index contributed by atoms with van der Waals surface area (Å²) in [6, 6.07) is 7.89. The van der Waals surface area contributed by atoms with Gasteiger partial charge in [0.15, 0.2) is 0 Å². The highest BCUT2D eigenvalue weighted by Gasteiger charge is 1.96. The lowest BCUT2D eigenvalue weighted by atomic mass is 10.2. The number of para-hydroxylation sites is 1. The van der Waals surface area contributed by atoms with Crippen molar-refractivity contribution in [2.75, 3.05) is 13.2 Å². The van der Waals surface area contributed by atoms with Gasteiger partial charge in [0, 0.05) is 6.54 Å². The summed E-state index contributed by atoms with van der Waals surface area (Å²) in [5.41, 5.74) is 3.23. The largest absolute Gasteiger partial charge is 0.493 e. The van der Waals surface area contributed by atoms with E-state index in [9.17, 15) is 0 Å². The number of aryl methyl sites for hydroxylation is 1. The molecule has 0 spiro atoms. The molecule has 0 bridgehead atoms. The van der Waals surface area contributed by atoms with Gasteiger partial charge in [0.2, 0.25) is 0 Å². The van der Waals surface area contributed by atoms with Crippen LogP contribution in [0.5, 0.6) is 5.75 Å². The van der Waals surface area contributed by atoms with E-state index in [0.717, 1.165) is 17.7 Å². The second-order valence-corrected chi connectivity index (χ2v) is 2.88. The Hall–Kier alpha value is -1.06. The van der Waals surface area contributed by atoms with E-state index in [1.54, 1.807) is 0 Å². The molecule has 0 aromatic heterocycles. The number of hydroxylamine groups is 1. The lowest BCUT2D eigenvalue weighted by Crippen LogP contribution is -2.12. The fourth-order valence-electron chi connectivity index (χ4n) is 1.05. The summed E-state index contributed by atoms with van der Waals surface area (Å²) in [7, 11) is 0. The summed E-state index contributed by atoms with van der Waals surface area (Å²) in [6.45, 7) is 3.20. The molecule has 0 heterocycles. The molecule has 0 aliphatic carbocycles. The van der Waals surface area contributed by atoms with Crippen molar-refractivity contribution in [1.29, 1.82) is 0 Å². The van der Waals surface area contributed by atoms with Crippen LogP contribution in [0.3, 0.4) is 0 Å². The summed E-state index contributed by atoms with van der Waals surface area (Å²) < 4.78 is 5.49. The van der Waals surface area contributed by atoms with Gasteiger partial charge >= 0.3 is 0 Å². The quantitative estimate of drug-likeness (QED) is 0.537. The van der Waals surface area contributed by atoms with Crippen LogP contribution in [0.2, 0.25) is 0 Å². The number of hydrogen-bond donors (Lipinski definition) is 2. The summed E-state index contributed by atoms with van der Waals surface area (Å²) in [4.78, 5) is 0. The first-order valence-corrected chi connectivity index (χ1v) is 4.40. The van der Waals surface area contributed by atoms with Crippen molar-refractivity contribution in [2.45, 2.75) is 13.3 Å². The number of hydrogen-bond acceptors (Lipinski definition) is 3. The van der Waals surface area contributed by atoms with E-state index in [-0.39, 0.29) is 0 Å². The first-order chi connectivity index (χ1) is 6.34. The zero-order chi connectivity index (χ0) is 9.52. The van der Waals surface area contributed by atoms with Crippen molar-refractivity contribution in [1.82, 2.24) is 5.48 Å². The molecular formula is C10H15NO2. The summed E-state index contributed by atoms with van der Waals surface area (Å²) >= 11 is 0. The Labute approximate surface area is 78.3 Å². The Morgan fingerprint density at radius 2 is 2.15 bits per heavy atom. The van der Waals surface area contributed by atoms with Crippen LogP contribution in [-0.4, -0.2) is 18.4 Å². The fourth-order valence-corrected chi connectivity index (χ4v) is 1.05. The maximum Gasteiger partial charge on any atom is 0.122 e. The minimum Gasteiger partial charge on any atom is -0.493 e. The van der Waals surface area contributed by atoms with E-state index in [1.165, 1.54) is 0 Å². The molecule has 2 N–H and O–H groups in total. The Morgan fingerprint density at radius 3 is 2.85 bits per heavy atom. The lowest BCUT2D eigenvalue weighted by Gasteiger charge is -2.07. The smallest absolute Gasteiger partial charge is 0.122 e. The fraction of sp³-hybridized carbons (Fsp3) is 0.400. The number of benzene rings is 1. The molecular weight excluding hydrogens is 166 g/mol. The third-order valence-electron chi connectivity index (χ3n) is 1.78. The molecule has 13 heavy (non-hydrogen) atoms. The Morgan fingerprint density at radius 1 is 1.38 bits per heavy atom. The third kappa shape index (κ3) is 3.44. The normalized spacial score (nSPS) is 10.0. The topological polar surface area (TPSA) is 41.5 Å². The Balaban J connectivity index is 2.32. The van der Waals surface area contributed by atoms with Crippen molar-refractivity contribution in [3.05, 3.63) is 29.8 Å². The van der Waals surface area contributed by atoms with Crippen LogP contribution < -0.4 is 10.2 Å². The minimum atomic E-state index is 0.561. The maximum atomic E-state index is 8.31. The monoisotopic (exact) mass is 181 g/mol. The van der Waals surface area contributed by atoms with Crippen LogP contribution in [0.15, 0.2) is 24.3 Å². The van der Waals surface area contributed by atoms with Crippen molar-refractivity contribution >= 4 is 0 Å². The number of rotatable bonds is 5. The molecule has 0 fully saturated rings. The van der Waals surface area contributed by atoms with Crippen LogP contribution in [0, 0.1) is 6.92 Å². The van der Waals surface area contributed by atoms with E-state index in [2.05, 4.69) is 5.48 Å². The second-order valence-electron chi connectivity index (χ2n) is 2.88. The number of nitrogens with one attached hydrogen (secondary N) is 1. The maximum absolute atomic E-state index is 8.31. The summed E-state index contributed by atoms with van der Waals surface area (Å²) in [6.07, 6.45) is 0.796. The van der Waals surface area contributed by atoms with Crippen molar-refractivity contribution in [2.24, 2.45) is 0 Å². The van der Waals surface area contributed by atoms with Crippen molar-refractivity contribution in [3.8, 4) is 5.75 Å². The first kappa shape index (κ1) is 10.0. The van der Waals surface area contributed by atoms with Gasteiger partial charge in [-0.15, -0.1) is 0 Å². The van der Waals surface area contributed by atoms with E-state index in [1.807, 2.05) is 31.2 Å². The predicted octanol–water partition coefficient (Wildman–Crippen LogP) is 1.74. The highest BCUT2D eigenvalue weighted by Crippen LogP contribution is 2.15. The van der Waals surface area contributed by atoms with Gasteiger partial charge in [-0.2, -0.15) is 0 Å². The SMILES string of the molecule is Cc1ccccc1OCCCNO. The predicted molar refractivity (Wildman–Crippen MR) is 51.1 cm³/mol. The zero-order valence-electron chi connectivity index (χ0n) is 7.79. The Bertz CT molecular complexity index is 250. The Kier molecular flexibility index (Phi) is 4.29. The summed E-state index contributed by atoms with van der Waals surface area (Å²) in [5, 5.41) is 8.31. The van der Waals surface area contributed by atoms with E-state index in [4.69, 9.17) is 9.94 Å². The first-order valence-electron chi connectivity index (χ1n) is 4.40. The molecule has 1 aromatic rings. The molecule has 0 radical (unpaired) electrons. The highest BCUT2D eigenvalue weighted by molar-refractivity contribution is 5.31. The van der Waals surface area contributed by atoms with Crippen molar-refractivity contribution < 1.29 is 9.94 Å². The molecule has 0 unspecified atom stereocenters. The van der Waals surface area contributed by atoms with Gasteiger partial charge in [0.25, 0.3) is 0 Å². The van der Waals surface area contributed by atoms with Crippen LogP contribution in [-0.2, 0) is 0 Å². The van der Waals surface area contributed by atoms with Gasteiger partial charge in [-0.05, 0) is 25.0 Å². The summed E-state index contributed by atoms with van der Waals surface area (Å²) in [5.74, 6) is 0.917. The molecule has 0 saturated heterocycles. The van der Waals surface area contributed by atoms with Crippen LogP contribution >= 0.6 is 0 Å². The van der Waals surface area contributed by atoms with Crippen LogP contribution in [0.25, 0.3) is 0 Å². The van der Waals surface area contributed by atoms with Gasteiger partial charge in [0.05, 0.1) is 6.61 Å². The molecule has 1 rings (SSSR count). The third-order valence-corrected chi connectivity index (χ3v) is 1.78. The van der Waals surface area contributed by atoms with Crippen LogP contribution in [0.4, 0.5) is 0 Å². The van der Waals surface area contributed by atoms with Crippen molar-refractivity contribution in [3.63, 3.8) is 0 Å². The van der Waals surface area contributed by atoms with E-state index >= 15 is 0 Å². The molecule has 1 aromatic carbocycles. The van der Waals surface area contributed by atoms with E-state index in [0.29, 0.717) is 13.2 Å². The second kappa shape index (κ2) is 5.56. The average molecular weight is 181 g/mol. The molecule has 0 aliphatic heterocycles. The zero-order valence-corrected chi connectivity index (χ0v) is 7.79. The lowest BCUT2D eigenvalue weighted by molar-refractivity contribution is 0.157. The van der Waals surface area contributed by atoms with Crippen LogP contribution in [0.1, 0.15) is 12.0 Å². The van der Waals surface area contributed by atoms with Gasteiger partial charge in [-0.3, -0.25) is 0 Å². The molecule has 0 atom stereocenters. The highest BCUT2D eigenvalue weighted by atomic mass is 16.5. The van der Waals surface area contributed by atoms with E-state index < -0.39 is 0 Å². The average Bonchev–Trinajstić information content (AvgIpc) is 2.15. The molecule has 0 amide bonds. The standard InChI is InChI=1S/C10H15NO2/c1-9-5-2-3-6-10(9)13-8-4-7-11-12/h2-3,5-6,11-12H,4,7-8H2,1H3. The molecule has 3 nitrogen and oxygen atoms in total. The molecule has 0 saturated carbocycles. The minimum absolute atomic E-state index is 0.561. The van der Waals surface area contributed by atoms with Gasteiger partial charge in [-0.1, -0.05) is 18.2 Å². The van der Waals surface area contributed by atoms with Gasteiger partial charge in [-0.25, -0.2) is 5.48 Å². The number of ether oxygens (including phenoxy) is 1.